The molecule has 21 heavy (non-hydrogen) atoms. The number of carbonyl (C=O) groups is 2. The Balaban J connectivity index is 1.82. The van der Waals surface area contributed by atoms with Crippen LogP contribution in [0.15, 0.2) is 0 Å². The zero-order valence-corrected chi connectivity index (χ0v) is 13.4. The molecule has 2 fully saturated rings. The molecule has 2 rings (SSSR count). The smallest absolute Gasteiger partial charge is 0.317 e. The van der Waals surface area contributed by atoms with E-state index in [1.54, 1.807) is 0 Å². The van der Waals surface area contributed by atoms with Crippen LogP contribution < -0.4 is 10.6 Å². The molecule has 1 aliphatic heterocycles. The van der Waals surface area contributed by atoms with Gasteiger partial charge in [0.1, 0.15) is 0 Å². The van der Waals surface area contributed by atoms with Gasteiger partial charge >= 0.3 is 6.03 Å². The first kappa shape index (κ1) is 16.1. The highest BCUT2D eigenvalue weighted by Crippen LogP contribution is 2.20. The van der Waals surface area contributed by atoms with Crippen molar-refractivity contribution in [1.29, 1.82) is 0 Å². The number of nitrogens with one attached hydrogen (secondary N) is 2. The lowest BCUT2D eigenvalue weighted by atomic mass is 9.95. The van der Waals surface area contributed by atoms with Gasteiger partial charge < -0.3 is 15.5 Å². The van der Waals surface area contributed by atoms with Gasteiger partial charge in [-0.1, -0.05) is 19.3 Å². The van der Waals surface area contributed by atoms with Crippen molar-refractivity contribution in [3.63, 3.8) is 0 Å². The van der Waals surface area contributed by atoms with Crippen LogP contribution in [0.1, 0.15) is 58.8 Å². The minimum Gasteiger partial charge on any atom is -0.354 e. The highest BCUT2D eigenvalue weighted by molar-refractivity contribution is 5.81. The van der Waals surface area contributed by atoms with E-state index in [9.17, 15) is 9.59 Å². The number of amides is 3. The number of urea groups is 1. The maximum Gasteiger partial charge on any atom is 0.317 e. The average molecular weight is 295 g/mol. The summed E-state index contributed by atoms with van der Waals surface area (Å²) in [6, 6.07) is 0.504. The Morgan fingerprint density at radius 2 is 1.76 bits per heavy atom. The SMILES string of the molecule is CC(C)NC(=O)[C@@H]1CCCN(C(=O)NC2CCCCC2)C1. The van der Waals surface area contributed by atoms with E-state index >= 15 is 0 Å². The summed E-state index contributed by atoms with van der Waals surface area (Å²) in [5.41, 5.74) is 0. The zero-order valence-electron chi connectivity index (χ0n) is 13.4. The fourth-order valence-electron chi connectivity index (χ4n) is 3.29. The lowest BCUT2D eigenvalue weighted by Gasteiger charge is -2.34. The topological polar surface area (TPSA) is 61.4 Å². The maximum atomic E-state index is 12.3. The highest BCUT2D eigenvalue weighted by Gasteiger charge is 2.29. The van der Waals surface area contributed by atoms with Gasteiger partial charge in [-0.3, -0.25) is 4.79 Å². The molecule has 5 heteroatoms. The van der Waals surface area contributed by atoms with Gasteiger partial charge in [-0.2, -0.15) is 0 Å². The van der Waals surface area contributed by atoms with Gasteiger partial charge in [-0.05, 0) is 39.5 Å². The van der Waals surface area contributed by atoms with E-state index in [4.69, 9.17) is 0 Å². The summed E-state index contributed by atoms with van der Waals surface area (Å²) >= 11 is 0. The molecule has 3 amide bonds. The second-order valence-electron chi connectivity index (χ2n) is 6.73. The fourth-order valence-corrected chi connectivity index (χ4v) is 3.29. The molecule has 0 bridgehead atoms. The van der Waals surface area contributed by atoms with Crippen LogP contribution in [0.3, 0.4) is 0 Å². The molecule has 1 atom stereocenters. The third-order valence-corrected chi connectivity index (χ3v) is 4.44. The van der Waals surface area contributed by atoms with E-state index in [1.807, 2.05) is 18.7 Å². The first-order chi connectivity index (χ1) is 10.1. The number of rotatable bonds is 3. The molecule has 2 N–H and O–H groups in total. The van der Waals surface area contributed by atoms with E-state index < -0.39 is 0 Å². The summed E-state index contributed by atoms with van der Waals surface area (Å²) < 4.78 is 0. The molecule has 0 aromatic carbocycles. The summed E-state index contributed by atoms with van der Waals surface area (Å²) in [7, 11) is 0. The van der Waals surface area contributed by atoms with Crippen molar-refractivity contribution in [1.82, 2.24) is 15.5 Å². The van der Waals surface area contributed by atoms with Crippen molar-refractivity contribution in [2.24, 2.45) is 5.92 Å². The van der Waals surface area contributed by atoms with Crippen molar-refractivity contribution in [3.8, 4) is 0 Å². The predicted molar refractivity (Wildman–Crippen MR) is 83.0 cm³/mol. The van der Waals surface area contributed by atoms with E-state index in [1.165, 1.54) is 19.3 Å². The Bertz CT molecular complexity index is 365. The first-order valence-electron chi connectivity index (χ1n) is 8.42. The molecule has 1 heterocycles. The molecular weight excluding hydrogens is 266 g/mol. The Hall–Kier alpha value is -1.26. The predicted octanol–water partition coefficient (Wildman–Crippen LogP) is 2.27. The van der Waals surface area contributed by atoms with Crippen LogP contribution in [0.4, 0.5) is 4.79 Å². The number of carbonyl (C=O) groups excluding carboxylic acids is 2. The number of hydrogen-bond acceptors (Lipinski definition) is 2. The highest BCUT2D eigenvalue weighted by atomic mass is 16.2. The molecule has 120 valence electrons. The van der Waals surface area contributed by atoms with E-state index in [2.05, 4.69) is 10.6 Å². The molecule has 0 aromatic heterocycles. The van der Waals surface area contributed by atoms with Crippen molar-refractivity contribution in [2.75, 3.05) is 13.1 Å². The van der Waals surface area contributed by atoms with Gasteiger partial charge in [-0.15, -0.1) is 0 Å². The quantitative estimate of drug-likeness (QED) is 0.839. The van der Waals surface area contributed by atoms with Crippen LogP contribution >= 0.6 is 0 Å². The average Bonchev–Trinajstić information content (AvgIpc) is 2.47. The minimum atomic E-state index is -0.0572. The number of hydrogen-bond donors (Lipinski definition) is 2. The molecule has 1 aliphatic carbocycles. The third-order valence-electron chi connectivity index (χ3n) is 4.44. The lowest BCUT2D eigenvalue weighted by molar-refractivity contribution is -0.126. The summed E-state index contributed by atoms with van der Waals surface area (Å²) in [6.45, 7) is 5.25. The van der Waals surface area contributed by atoms with Crippen LogP contribution in [0.25, 0.3) is 0 Å². The Kier molecular flexibility index (Phi) is 5.88. The van der Waals surface area contributed by atoms with Gasteiger partial charge in [0, 0.05) is 25.2 Å². The molecule has 0 radical (unpaired) electrons. The van der Waals surface area contributed by atoms with Crippen LogP contribution in [0, 0.1) is 5.92 Å². The van der Waals surface area contributed by atoms with E-state index in [-0.39, 0.29) is 23.9 Å². The third kappa shape index (κ3) is 4.90. The second kappa shape index (κ2) is 7.66. The largest absolute Gasteiger partial charge is 0.354 e. The van der Waals surface area contributed by atoms with Crippen molar-refractivity contribution < 1.29 is 9.59 Å². The second-order valence-corrected chi connectivity index (χ2v) is 6.73. The van der Waals surface area contributed by atoms with Crippen molar-refractivity contribution in [3.05, 3.63) is 0 Å². The van der Waals surface area contributed by atoms with Crippen LogP contribution in [-0.4, -0.2) is 42.0 Å². The first-order valence-corrected chi connectivity index (χ1v) is 8.42. The Morgan fingerprint density at radius 3 is 2.43 bits per heavy atom. The number of likely N-dealkylation sites (tertiary alicyclic amines) is 1. The molecule has 0 aromatic rings. The van der Waals surface area contributed by atoms with Crippen LogP contribution in [0.5, 0.6) is 0 Å². The van der Waals surface area contributed by atoms with E-state index in [0.29, 0.717) is 12.6 Å². The standard InChI is InChI=1S/C16H29N3O2/c1-12(2)17-15(20)13-7-6-10-19(11-13)16(21)18-14-8-4-3-5-9-14/h12-14H,3-11H2,1-2H3,(H,17,20)(H,18,21)/t13-/m1/s1. The molecule has 5 nitrogen and oxygen atoms in total. The zero-order chi connectivity index (χ0) is 15.2. The Labute approximate surface area is 127 Å². The van der Waals surface area contributed by atoms with Gasteiger partial charge in [0.15, 0.2) is 0 Å². The van der Waals surface area contributed by atoms with Crippen LogP contribution in [0.2, 0.25) is 0 Å². The van der Waals surface area contributed by atoms with Gasteiger partial charge in [-0.25, -0.2) is 4.79 Å². The van der Waals surface area contributed by atoms with Crippen molar-refractivity contribution in [2.45, 2.75) is 70.9 Å². The van der Waals surface area contributed by atoms with Gasteiger partial charge in [0.05, 0.1) is 5.92 Å². The summed E-state index contributed by atoms with van der Waals surface area (Å²) in [4.78, 5) is 26.3. The number of nitrogens with zero attached hydrogens (tertiary/aromatic N) is 1. The molecule has 1 saturated carbocycles. The molecule has 1 saturated heterocycles. The molecule has 0 unspecified atom stereocenters. The molecule has 2 aliphatic rings. The fraction of sp³-hybridized carbons (Fsp3) is 0.875. The summed E-state index contributed by atoms with van der Waals surface area (Å²) in [5, 5.41) is 6.10. The molecule has 0 spiro atoms. The summed E-state index contributed by atoms with van der Waals surface area (Å²) in [5.74, 6) is 0.0263. The van der Waals surface area contributed by atoms with Gasteiger partial charge in [0.25, 0.3) is 0 Å². The Morgan fingerprint density at radius 1 is 1.05 bits per heavy atom. The van der Waals surface area contributed by atoms with Crippen molar-refractivity contribution >= 4 is 11.9 Å². The lowest BCUT2D eigenvalue weighted by Crippen LogP contribution is -2.51. The maximum absolute atomic E-state index is 12.3. The normalized spacial score (nSPS) is 24.0. The summed E-state index contributed by atoms with van der Waals surface area (Å²) in [6.07, 6.45) is 7.69. The van der Waals surface area contributed by atoms with E-state index in [0.717, 1.165) is 32.2 Å². The molecular formula is C16H29N3O2. The monoisotopic (exact) mass is 295 g/mol. The van der Waals surface area contributed by atoms with Gasteiger partial charge in [0.2, 0.25) is 5.91 Å². The minimum absolute atomic E-state index is 0.0175. The van der Waals surface area contributed by atoms with Crippen LogP contribution in [-0.2, 0) is 4.79 Å². The number of piperidine rings is 1.